The molecule has 3 nitrogen and oxygen atoms in total. The van der Waals surface area contributed by atoms with Gasteiger partial charge in [-0.25, -0.2) is 0 Å². The fourth-order valence-corrected chi connectivity index (χ4v) is 1.74. The number of carbonyl (C=O) groups excluding carboxylic acids is 1. The molecule has 0 saturated heterocycles. The van der Waals surface area contributed by atoms with Gasteiger partial charge in [-0.15, -0.1) is 0 Å². The fraction of sp³-hybridized carbons (Fsp3) is 0.273. The zero-order valence-electron chi connectivity index (χ0n) is 8.16. The second-order valence-corrected chi connectivity index (χ2v) is 4.37. The standard InChI is InChI=1S/C11H11BrN2O/c12-8-4-6-9(7-5-8)13-14-10-2-1-3-11(10)15/h4-7,13H,1-3H2. The van der Waals surface area contributed by atoms with E-state index in [4.69, 9.17) is 0 Å². The van der Waals surface area contributed by atoms with Crippen LogP contribution >= 0.6 is 15.9 Å². The van der Waals surface area contributed by atoms with Gasteiger partial charge in [-0.3, -0.25) is 10.2 Å². The first-order chi connectivity index (χ1) is 7.25. The average molecular weight is 267 g/mol. The second-order valence-electron chi connectivity index (χ2n) is 3.45. The SMILES string of the molecule is O=C1CCCC1=NNc1ccc(Br)cc1. The minimum atomic E-state index is 0.166. The molecule has 1 N–H and O–H groups in total. The lowest BCUT2D eigenvalue weighted by atomic mass is 10.3. The van der Waals surface area contributed by atoms with Crippen LogP contribution in [0, 0.1) is 0 Å². The molecule has 0 aliphatic heterocycles. The number of ketones is 1. The van der Waals surface area contributed by atoms with Crippen molar-refractivity contribution < 1.29 is 4.79 Å². The third-order valence-electron chi connectivity index (χ3n) is 2.30. The number of halogens is 1. The highest BCUT2D eigenvalue weighted by Gasteiger charge is 2.18. The molecular formula is C11H11BrN2O. The van der Waals surface area contributed by atoms with E-state index in [0.717, 1.165) is 23.0 Å². The number of anilines is 1. The van der Waals surface area contributed by atoms with Gasteiger partial charge in [-0.1, -0.05) is 15.9 Å². The molecule has 15 heavy (non-hydrogen) atoms. The quantitative estimate of drug-likeness (QED) is 0.837. The molecule has 1 aliphatic rings. The van der Waals surface area contributed by atoms with E-state index in [0.29, 0.717) is 12.1 Å². The number of benzene rings is 1. The van der Waals surface area contributed by atoms with Crippen LogP contribution in [-0.2, 0) is 4.79 Å². The minimum Gasteiger partial charge on any atom is -0.293 e. The molecule has 1 aromatic carbocycles. The smallest absolute Gasteiger partial charge is 0.178 e. The number of hydrogen-bond donors (Lipinski definition) is 1. The fourth-order valence-electron chi connectivity index (χ4n) is 1.47. The molecule has 0 unspecified atom stereocenters. The van der Waals surface area contributed by atoms with Crippen molar-refractivity contribution in [3.05, 3.63) is 28.7 Å². The van der Waals surface area contributed by atoms with Gasteiger partial charge in [0.1, 0.15) is 5.71 Å². The van der Waals surface area contributed by atoms with Gasteiger partial charge in [-0.2, -0.15) is 5.10 Å². The van der Waals surface area contributed by atoms with E-state index in [1.54, 1.807) is 0 Å². The summed E-state index contributed by atoms with van der Waals surface area (Å²) in [5.41, 5.74) is 4.45. The van der Waals surface area contributed by atoms with Crippen molar-refractivity contribution in [2.75, 3.05) is 5.43 Å². The van der Waals surface area contributed by atoms with E-state index in [2.05, 4.69) is 26.5 Å². The zero-order valence-corrected chi connectivity index (χ0v) is 9.75. The molecular weight excluding hydrogens is 256 g/mol. The topological polar surface area (TPSA) is 41.5 Å². The lowest BCUT2D eigenvalue weighted by Crippen LogP contribution is -2.07. The van der Waals surface area contributed by atoms with Gasteiger partial charge in [0.05, 0.1) is 5.69 Å². The van der Waals surface area contributed by atoms with Crippen molar-refractivity contribution in [1.82, 2.24) is 0 Å². The molecule has 0 atom stereocenters. The number of Topliss-reactive ketones (excluding diaryl/α,β-unsaturated/α-hetero) is 1. The van der Waals surface area contributed by atoms with E-state index in [1.165, 1.54) is 0 Å². The van der Waals surface area contributed by atoms with Gasteiger partial charge >= 0.3 is 0 Å². The highest BCUT2D eigenvalue weighted by Crippen LogP contribution is 2.15. The molecule has 1 fully saturated rings. The van der Waals surface area contributed by atoms with Crippen LogP contribution in [0.15, 0.2) is 33.8 Å². The predicted molar refractivity (Wildman–Crippen MR) is 64.1 cm³/mol. The Kier molecular flexibility index (Phi) is 3.16. The summed E-state index contributed by atoms with van der Waals surface area (Å²) in [6, 6.07) is 7.68. The molecule has 78 valence electrons. The maximum atomic E-state index is 11.3. The molecule has 0 amide bonds. The van der Waals surface area contributed by atoms with Gasteiger partial charge in [-0.05, 0) is 37.1 Å². The Morgan fingerprint density at radius 1 is 1.20 bits per heavy atom. The summed E-state index contributed by atoms with van der Waals surface area (Å²) in [6.45, 7) is 0. The Balaban J connectivity index is 2.03. The Hall–Kier alpha value is -1.16. The van der Waals surface area contributed by atoms with Crippen LogP contribution in [0.1, 0.15) is 19.3 Å². The van der Waals surface area contributed by atoms with Gasteiger partial charge in [0, 0.05) is 10.9 Å². The zero-order chi connectivity index (χ0) is 10.7. The minimum absolute atomic E-state index is 0.166. The summed E-state index contributed by atoms with van der Waals surface area (Å²) in [6.07, 6.45) is 2.36. The number of nitrogens with zero attached hydrogens (tertiary/aromatic N) is 1. The summed E-state index contributed by atoms with van der Waals surface area (Å²) in [5, 5.41) is 4.11. The van der Waals surface area contributed by atoms with E-state index in [1.807, 2.05) is 24.3 Å². The first kappa shape index (κ1) is 10.4. The Bertz CT molecular complexity index is 398. The predicted octanol–water partition coefficient (Wildman–Crippen LogP) is 2.97. The van der Waals surface area contributed by atoms with Crippen LogP contribution in [-0.4, -0.2) is 11.5 Å². The van der Waals surface area contributed by atoms with E-state index >= 15 is 0 Å². The molecule has 4 heteroatoms. The number of carbonyl (C=O) groups is 1. The third kappa shape index (κ3) is 2.65. The largest absolute Gasteiger partial charge is 0.293 e. The van der Waals surface area contributed by atoms with Gasteiger partial charge in [0.15, 0.2) is 5.78 Å². The van der Waals surface area contributed by atoms with Crippen LogP contribution in [0.4, 0.5) is 5.69 Å². The Morgan fingerprint density at radius 3 is 2.53 bits per heavy atom. The van der Waals surface area contributed by atoms with Gasteiger partial charge in [0.25, 0.3) is 0 Å². The molecule has 0 bridgehead atoms. The average Bonchev–Trinajstić information content (AvgIpc) is 2.63. The molecule has 1 aromatic rings. The van der Waals surface area contributed by atoms with Crippen LogP contribution in [0.2, 0.25) is 0 Å². The number of nitrogens with one attached hydrogen (secondary N) is 1. The Labute approximate surface area is 96.7 Å². The Morgan fingerprint density at radius 2 is 1.93 bits per heavy atom. The normalized spacial score (nSPS) is 18.5. The summed E-state index contributed by atoms with van der Waals surface area (Å²) in [5.74, 6) is 0.166. The van der Waals surface area contributed by atoms with Crippen molar-refractivity contribution in [2.45, 2.75) is 19.3 Å². The van der Waals surface area contributed by atoms with E-state index < -0.39 is 0 Å². The molecule has 0 aromatic heterocycles. The van der Waals surface area contributed by atoms with Crippen molar-refractivity contribution >= 4 is 33.1 Å². The number of hydrogen-bond acceptors (Lipinski definition) is 3. The van der Waals surface area contributed by atoms with Crippen LogP contribution in [0.25, 0.3) is 0 Å². The van der Waals surface area contributed by atoms with Crippen molar-refractivity contribution in [2.24, 2.45) is 5.10 Å². The van der Waals surface area contributed by atoms with E-state index in [-0.39, 0.29) is 5.78 Å². The summed E-state index contributed by atoms with van der Waals surface area (Å²) < 4.78 is 1.03. The molecule has 0 radical (unpaired) electrons. The first-order valence-electron chi connectivity index (χ1n) is 4.87. The summed E-state index contributed by atoms with van der Waals surface area (Å²) >= 11 is 3.35. The van der Waals surface area contributed by atoms with Crippen molar-refractivity contribution in [3.63, 3.8) is 0 Å². The van der Waals surface area contributed by atoms with Crippen molar-refractivity contribution in [1.29, 1.82) is 0 Å². The third-order valence-corrected chi connectivity index (χ3v) is 2.83. The molecule has 0 spiro atoms. The maximum Gasteiger partial charge on any atom is 0.178 e. The molecule has 1 aliphatic carbocycles. The van der Waals surface area contributed by atoms with E-state index in [9.17, 15) is 4.79 Å². The molecule has 1 saturated carbocycles. The molecule has 0 heterocycles. The molecule has 2 rings (SSSR count). The van der Waals surface area contributed by atoms with Gasteiger partial charge in [0.2, 0.25) is 0 Å². The number of hydrazone groups is 1. The highest BCUT2D eigenvalue weighted by atomic mass is 79.9. The highest BCUT2D eigenvalue weighted by molar-refractivity contribution is 9.10. The van der Waals surface area contributed by atoms with Crippen LogP contribution < -0.4 is 5.43 Å². The second kappa shape index (κ2) is 4.57. The van der Waals surface area contributed by atoms with Crippen molar-refractivity contribution in [3.8, 4) is 0 Å². The van der Waals surface area contributed by atoms with Crippen LogP contribution in [0.5, 0.6) is 0 Å². The monoisotopic (exact) mass is 266 g/mol. The van der Waals surface area contributed by atoms with Gasteiger partial charge < -0.3 is 0 Å². The lowest BCUT2D eigenvalue weighted by molar-refractivity contribution is -0.112. The lowest BCUT2D eigenvalue weighted by Gasteiger charge is -2.00. The van der Waals surface area contributed by atoms with Crippen LogP contribution in [0.3, 0.4) is 0 Å². The summed E-state index contributed by atoms with van der Waals surface area (Å²) in [4.78, 5) is 11.3. The maximum absolute atomic E-state index is 11.3. The number of rotatable bonds is 2. The first-order valence-corrected chi connectivity index (χ1v) is 5.66. The summed E-state index contributed by atoms with van der Waals surface area (Å²) in [7, 11) is 0.